The summed E-state index contributed by atoms with van der Waals surface area (Å²) in [6.07, 6.45) is 2.90. The maximum atomic E-state index is 12.2. The van der Waals surface area contributed by atoms with E-state index in [0.717, 1.165) is 42.4 Å². The van der Waals surface area contributed by atoms with Crippen molar-refractivity contribution in [2.24, 2.45) is 0 Å². The van der Waals surface area contributed by atoms with Crippen molar-refractivity contribution in [3.05, 3.63) is 34.3 Å². The third-order valence-corrected chi connectivity index (χ3v) is 7.45. The zero-order chi connectivity index (χ0) is 17.2. The molecule has 2 aliphatic rings. The minimum atomic E-state index is -2.83. The minimum absolute atomic E-state index is 0.0452. The van der Waals surface area contributed by atoms with Crippen molar-refractivity contribution in [1.29, 1.82) is 0 Å². The van der Waals surface area contributed by atoms with E-state index in [0.29, 0.717) is 17.9 Å². The van der Waals surface area contributed by atoms with Gasteiger partial charge < -0.3 is 5.32 Å². The van der Waals surface area contributed by atoms with Crippen LogP contribution in [0.3, 0.4) is 0 Å². The first-order valence-corrected chi connectivity index (χ1v) is 11.0. The number of nitrogens with one attached hydrogen (secondary N) is 1. The molecule has 2 heterocycles. The Morgan fingerprint density at radius 3 is 2.54 bits per heavy atom. The van der Waals surface area contributed by atoms with Gasteiger partial charge in [-0.15, -0.1) is 0 Å². The van der Waals surface area contributed by atoms with Gasteiger partial charge in [0.15, 0.2) is 9.84 Å². The fourth-order valence-electron chi connectivity index (χ4n) is 3.57. The van der Waals surface area contributed by atoms with Crippen LogP contribution in [0.15, 0.2) is 28.7 Å². The van der Waals surface area contributed by atoms with Crippen molar-refractivity contribution in [3.63, 3.8) is 0 Å². The Hall–Kier alpha value is -0.920. The fraction of sp³-hybridized carbons (Fsp3) is 0.588. The molecule has 0 radical (unpaired) electrons. The van der Waals surface area contributed by atoms with E-state index in [9.17, 15) is 13.2 Å². The molecule has 0 saturated carbocycles. The number of rotatable bonds is 4. The van der Waals surface area contributed by atoms with Gasteiger partial charge >= 0.3 is 0 Å². The summed E-state index contributed by atoms with van der Waals surface area (Å²) in [6, 6.07) is 8.12. The molecule has 2 aliphatic heterocycles. The lowest BCUT2D eigenvalue weighted by molar-refractivity contribution is -0.121. The predicted octanol–water partition coefficient (Wildman–Crippen LogP) is 1.76. The molecule has 0 spiro atoms. The van der Waals surface area contributed by atoms with Crippen LogP contribution in [0.2, 0.25) is 0 Å². The lowest BCUT2D eigenvalue weighted by Crippen LogP contribution is -2.48. The molecule has 1 N–H and O–H groups in total. The second kappa shape index (κ2) is 7.54. The normalized spacial score (nSPS) is 24.8. The number of sulfone groups is 1. The Morgan fingerprint density at radius 2 is 1.92 bits per heavy atom. The van der Waals surface area contributed by atoms with Gasteiger partial charge in [0.05, 0.1) is 17.9 Å². The van der Waals surface area contributed by atoms with Crippen LogP contribution in [-0.4, -0.2) is 55.9 Å². The number of nitrogens with zero attached hydrogens (tertiary/aromatic N) is 1. The van der Waals surface area contributed by atoms with Gasteiger partial charge in [0.2, 0.25) is 5.91 Å². The second-order valence-electron chi connectivity index (χ2n) is 6.70. The molecule has 0 aliphatic carbocycles. The number of carbonyl (C=O) groups excluding carboxylic acids is 1. The fourth-order valence-corrected chi connectivity index (χ4v) is 5.75. The smallest absolute Gasteiger partial charge is 0.224 e. The summed E-state index contributed by atoms with van der Waals surface area (Å²) in [7, 11) is -2.83. The van der Waals surface area contributed by atoms with Crippen molar-refractivity contribution in [1.82, 2.24) is 10.2 Å². The molecule has 2 fully saturated rings. The summed E-state index contributed by atoms with van der Waals surface area (Å²) in [6.45, 7) is 1.72. The lowest BCUT2D eigenvalue weighted by Gasteiger charge is -2.35. The van der Waals surface area contributed by atoms with Gasteiger partial charge in [-0.05, 0) is 30.9 Å². The van der Waals surface area contributed by atoms with E-state index in [2.05, 4.69) is 26.1 Å². The van der Waals surface area contributed by atoms with Crippen LogP contribution in [-0.2, 0) is 21.1 Å². The molecule has 0 aromatic heterocycles. The quantitative estimate of drug-likeness (QED) is 0.814. The zero-order valence-corrected chi connectivity index (χ0v) is 16.0. The molecule has 1 aromatic carbocycles. The number of hydrogen-bond donors (Lipinski definition) is 1. The maximum Gasteiger partial charge on any atom is 0.224 e. The molecule has 2 saturated heterocycles. The Labute approximate surface area is 151 Å². The molecule has 7 heteroatoms. The van der Waals surface area contributed by atoms with Crippen molar-refractivity contribution in [3.8, 4) is 0 Å². The Bertz CT molecular complexity index is 700. The Morgan fingerprint density at radius 1 is 1.21 bits per heavy atom. The number of benzene rings is 1. The summed E-state index contributed by atoms with van der Waals surface area (Å²) in [4.78, 5) is 14.5. The summed E-state index contributed by atoms with van der Waals surface area (Å²) in [5, 5.41) is 3.12. The van der Waals surface area contributed by atoms with Crippen molar-refractivity contribution >= 4 is 31.7 Å². The van der Waals surface area contributed by atoms with E-state index >= 15 is 0 Å². The summed E-state index contributed by atoms with van der Waals surface area (Å²) >= 11 is 3.47. The van der Waals surface area contributed by atoms with E-state index < -0.39 is 9.84 Å². The van der Waals surface area contributed by atoms with Gasteiger partial charge in [0, 0.05) is 29.6 Å². The van der Waals surface area contributed by atoms with Crippen LogP contribution in [0.1, 0.15) is 24.8 Å². The van der Waals surface area contributed by atoms with E-state index in [4.69, 9.17) is 0 Å². The SMILES string of the molecule is O=C(Cc1ccccc1Br)NC1CCN([C@H]2CCS(=O)(=O)C2)CC1. The van der Waals surface area contributed by atoms with E-state index in [-0.39, 0.29) is 18.0 Å². The molecular formula is C17H23BrN2O3S. The predicted molar refractivity (Wildman–Crippen MR) is 97.6 cm³/mol. The number of amides is 1. The van der Waals surface area contributed by atoms with Crippen molar-refractivity contribution in [2.45, 2.75) is 37.8 Å². The molecule has 5 nitrogen and oxygen atoms in total. The standard InChI is InChI=1S/C17H23BrN2O3S/c18-16-4-2-1-3-13(16)11-17(21)19-14-5-8-20(9-6-14)15-7-10-24(22,23)12-15/h1-4,14-15H,5-12H2,(H,19,21)/t15-/m0/s1. The summed E-state index contributed by atoms with van der Waals surface area (Å²) < 4.78 is 24.2. The number of carbonyl (C=O) groups is 1. The molecule has 24 heavy (non-hydrogen) atoms. The van der Waals surface area contributed by atoms with Gasteiger partial charge in [0.1, 0.15) is 0 Å². The Kier molecular flexibility index (Phi) is 5.62. The highest BCUT2D eigenvalue weighted by Gasteiger charge is 2.34. The number of piperidine rings is 1. The van der Waals surface area contributed by atoms with Crippen LogP contribution < -0.4 is 5.32 Å². The first kappa shape index (κ1) is 17.9. The first-order valence-electron chi connectivity index (χ1n) is 8.40. The Balaban J connectivity index is 1.45. The minimum Gasteiger partial charge on any atom is -0.353 e. The average Bonchev–Trinajstić information content (AvgIpc) is 2.90. The van der Waals surface area contributed by atoms with Crippen LogP contribution in [0, 0.1) is 0 Å². The van der Waals surface area contributed by atoms with Gasteiger partial charge in [-0.2, -0.15) is 0 Å². The third-order valence-electron chi connectivity index (χ3n) is 4.93. The molecule has 0 bridgehead atoms. The van der Waals surface area contributed by atoms with Crippen LogP contribution >= 0.6 is 15.9 Å². The van der Waals surface area contributed by atoms with Crippen LogP contribution in [0.4, 0.5) is 0 Å². The van der Waals surface area contributed by atoms with Crippen molar-refractivity contribution in [2.75, 3.05) is 24.6 Å². The van der Waals surface area contributed by atoms with Gasteiger partial charge in [-0.25, -0.2) is 8.42 Å². The zero-order valence-electron chi connectivity index (χ0n) is 13.6. The number of hydrogen-bond acceptors (Lipinski definition) is 4. The van der Waals surface area contributed by atoms with Gasteiger partial charge in [-0.1, -0.05) is 34.1 Å². The van der Waals surface area contributed by atoms with E-state index in [1.165, 1.54) is 0 Å². The number of likely N-dealkylation sites (tertiary alicyclic amines) is 1. The monoisotopic (exact) mass is 414 g/mol. The highest BCUT2D eigenvalue weighted by molar-refractivity contribution is 9.10. The van der Waals surface area contributed by atoms with E-state index in [1.54, 1.807) is 0 Å². The first-order chi connectivity index (χ1) is 11.4. The molecule has 132 valence electrons. The highest BCUT2D eigenvalue weighted by Crippen LogP contribution is 2.22. The number of halogens is 1. The molecule has 1 amide bonds. The molecule has 1 aromatic rings. The third kappa shape index (κ3) is 4.58. The molecule has 1 atom stereocenters. The molecule has 0 unspecified atom stereocenters. The van der Waals surface area contributed by atoms with Crippen molar-refractivity contribution < 1.29 is 13.2 Å². The summed E-state index contributed by atoms with van der Waals surface area (Å²) in [5.74, 6) is 0.663. The second-order valence-corrected chi connectivity index (χ2v) is 9.79. The largest absolute Gasteiger partial charge is 0.353 e. The summed E-state index contributed by atoms with van der Waals surface area (Å²) in [5.41, 5.74) is 0.989. The van der Waals surface area contributed by atoms with Gasteiger partial charge in [0.25, 0.3) is 0 Å². The van der Waals surface area contributed by atoms with Crippen LogP contribution in [0.5, 0.6) is 0 Å². The molecular weight excluding hydrogens is 392 g/mol. The lowest BCUT2D eigenvalue weighted by atomic mass is 10.0. The average molecular weight is 415 g/mol. The maximum absolute atomic E-state index is 12.2. The van der Waals surface area contributed by atoms with E-state index in [1.807, 2.05) is 24.3 Å². The highest BCUT2D eigenvalue weighted by atomic mass is 79.9. The van der Waals surface area contributed by atoms with Gasteiger partial charge in [-0.3, -0.25) is 9.69 Å². The van der Waals surface area contributed by atoms with Crippen LogP contribution in [0.25, 0.3) is 0 Å². The molecule has 3 rings (SSSR count). The topological polar surface area (TPSA) is 66.5 Å².